The Balaban J connectivity index is 1.61. The molecule has 6 heteroatoms. The van der Waals surface area contributed by atoms with Crippen molar-refractivity contribution in [2.75, 3.05) is 6.54 Å². The smallest absolute Gasteiger partial charge is 0.240 e. The molecule has 0 bridgehead atoms. The summed E-state index contributed by atoms with van der Waals surface area (Å²) in [7, 11) is -3.47. The van der Waals surface area contributed by atoms with E-state index in [0.717, 1.165) is 21.8 Å². The Labute approximate surface area is 152 Å². The molecule has 0 saturated carbocycles. The second-order valence-electron chi connectivity index (χ2n) is 5.97. The van der Waals surface area contributed by atoms with E-state index in [1.54, 1.807) is 35.6 Å². The van der Waals surface area contributed by atoms with E-state index in [-0.39, 0.29) is 4.90 Å². The number of rotatable bonds is 6. The molecule has 0 saturated heterocycles. The van der Waals surface area contributed by atoms with Crippen molar-refractivity contribution in [3.05, 3.63) is 70.7 Å². The third-order valence-electron chi connectivity index (χ3n) is 3.85. The lowest BCUT2D eigenvalue weighted by molar-refractivity contribution is 0.581. The second-order valence-corrected chi connectivity index (χ2v) is 8.60. The predicted octanol–water partition coefficient (Wildman–Crippen LogP) is 3.95. The van der Waals surface area contributed by atoms with Crippen LogP contribution in [0.5, 0.6) is 0 Å². The molecule has 0 amide bonds. The Morgan fingerprint density at radius 1 is 0.960 bits per heavy atom. The van der Waals surface area contributed by atoms with E-state index in [1.807, 2.05) is 12.3 Å². The highest BCUT2D eigenvalue weighted by Crippen LogP contribution is 2.24. The fourth-order valence-electron chi connectivity index (χ4n) is 2.36. The van der Waals surface area contributed by atoms with Gasteiger partial charge in [-0.3, -0.25) is 0 Å². The van der Waals surface area contributed by atoms with Gasteiger partial charge >= 0.3 is 0 Å². The summed E-state index contributed by atoms with van der Waals surface area (Å²) in [6.07, 6.45) is 0.563. The molecule has 0 unspecified atom stereocenters. The molecule has 4 nitrogen and oxygen atoms in total. The monoisotopic (exact) mass is 372 g/mol. The van der Waals surface area contributed by atoms with Gasteiger partial charge in [0, 0.05) is 23.9 Å². The third-order valence-corrected chi connectivity index (χ3v) is 6.27. The van der Waals surface area contributed by atoms with Gasteiger partial charge in [0.25, 0.3) is 0 Å². The number of aryl methyl sites for hydroxylation is 2. The van der Waals surface area contributed by atoms with E-state index in [2.05, 4.69) is 40.9 Å². The number of hydrogen-bond donors (Lipinski definition) is 1. The highest BCUT2D eigenvalue weighted by molar-refractivity contribution is 7.89. The van der Waals surface area contributed by atoms with E-state index < -0.39 is 10.0 Å². The van der Waals surface area contributed by atoms with Crippen molar-refractivity contribution in [1.82, 2.24) is 9.71 Å². The summed E-state index contributed by atoms with van der Waals surface area (Å²) in [6, 6.07) is 15.1. The molecule has 1 N–H and O–H groups in total. The standard InChI is InChI=1S/C19H20N2O2S2/c1-14-3-7-16(8-4-14)19-21-17(13-24-19)11-12-20-25(22,23)18-9-5-15(2)6-10-18/h3-10,13,20H,11-12H2,1-2H3. The highest BCUT2D eigenvalue weighted by Gasteiger charge is 2.13. The molecule has 1 heterocycles. The Kier molecular flexibility index (Phi) is 5.32. The molecule has 0 aliphatic rings. The van der Waals surface area contributed by atoms with Gasteiger partial charge in [-0.25, -0.2) is 18.1 Å². The fourth-order valence-corrected chi connectivity index (χ4v) is 4.26. The maximum atomic E-state index is 12.3. The number of sulfonamides is 1. The van der Waals surface area contributed by atoms with Crippen LogP contribution in [-0.4, -0.2) is 19.9 Å². The van der Waals surface area contributed by atoms with E-state index in [9.17, 15) is 8.42 Å². The summed E-state index contributed by atoms with van der Waals surface area (Å²) < 4.78 is 27.2. The van der Waals surface area contributed by atoms with Crippen LogP contribution in [0, 0.1) is 13.8 Å². The zero-order valence-electron chi connectivity index (χ0n) is 14.2. The lowest BCUT2D eigenvalue weighted by Crippen LogP contribution is -2.26. The number of thiazole rings is 1. The van der Waals surface area contributed by atoms with Crippen LogP contribution in [0.2, 0.25) is 0 Å². The lowest BCUT2D eigenvalue weighted by atomic mass is 10.2. The number of hydrogen-bond acceptors (Lipinski definition) is 4. The fraction of sp³-hybridized carbons (Fsp3) is 0.211. The van der Waals surface area contributed by atoms with Crippen LogP contribution in [0.15, 0.2) is 58.8 Å². The minimum Gasteiger partial charge on any atom is -0.241 e. The zero-order valence-corrected chi connectivity index (χ0v) is 15.8. The average molecular weight is 373 g/mol. The third kappa shape index (κ3) is 4.54. The molecule has 3 rings (SSSR count). The SMILES string of the molecule is Cc1ccc(-c2nc(CCNS(=O)(=O)c3ccc(C)cc3)cs2)cc1. The van der Waals surface area contributed by atoms with E-state index in [1.165, 1.54) is 5.56 Å². The summed E-state index contributed by atoms with van der Waals surface area (Å²) in [6.45, 7) is 4.31. The van der Waals surface area contributed by atoms with Crippen molar-refractivity contribution in [2.24, 2.45) is 0 Å². The molecular weight excluding hydrogens is 352 g/mol. The average Bonchev–Trinajstić information content (AvgIpc) is 3.04. The van der Waals surface area contributed by atoms with Crippen molar-refractivity contribution < 1.29 is 8.42 Å². The quantitative estimate of drug-likeness (QED) is 0.713. The normalized spacial score (nSPS) is 11.6. The number of benzene rings is 2. The molecular formula is C19H20N2O2S2. The van der Waals surface area contributed by atoms with Gasteiger partial charge in [-0.2, -0.15) is 0 Å². The Morgan fingerprint density at radius 2 is 1.56 bits per heavy atom. The first-order valence-electron chi connectivity index (χ1n) is 8.02. The maximum absolute atomic E-state index is 12.3. The Bertz CT molecular complexity index is 944. The van der Waals surface area contributed by atoms with Gasteiger partial charge in [0.1, 0.15) is 5.01 Å². The van der Waals surface area contributed by atoms with E-state index in [4.69, 9.17) is 0 Å². The van der Waals surface area contributed by atoms with Crippen molar-refractivity contribution in [1.29, 1.82) is 0 Å². The van der Waals surface area contributed by atoms with Crippen LogP contribution in [0.4, 0.5) is 0 Å². The Hall–Kier alpha value is -2.02. The van der Waals surface area contributed by atoms with Crippen molar-refractivity contribution in [2.45, 2.75) is 25.2 Å². The molecule has 0 fully saturated rings. The van der Waals surface area contributed by atoms with Crippen LogP contribution in [0.3, 0.4) is 0 Å². The second kappa shape index (κ2) is 7.47. The number of nitrogens with one attached hydrogen (secondary N) is 1. The number of nitrogens with zero attached hydrogens (tertiary/aromatic N) is 1. The summed E-state index contributed by atoms with van der Waals surface area (Å²) >= 11 is 1.58. The summed E-state index contributed by atoms with van der Waals surface area (Å²) in [4.78, 5) is 4.89. The highest BCUT2D eigenvalue weighted by atomic mass is 32.2. The van der Waals surface area contributed by atoms with Crippen molar-refractivity contribution in [3.8, 4) is 10.6 Å². The van der Waals surface area contributed by atoms with Gasteiger partial charge in [-0.05, 0) is 26.0 Å². The van der Waals surface area contributed by atoms with Gasteiger partial charge in [0.2, 0.25) is 10.0 Å². The maximum Gasteiger partial charge on any atom is 0.240 e. The molecule has 0 aliphatic heterocycles. The molecule has 130 valence electrons. The molecule has 2 aromatic carbocycles. The summed E-state index contributed by atoms with van der Waals surface area (Å²) in [5.74, 6) is 0. The van der Waals surface area contributed by atoms with Crippen LogP contribution >= 0.6 is 11.3 Å². The van der Waals surface area contributed by atoms with E-state index >= 15 is 0 Å². The van der Waals surface area contributed by atoms with Gasteiger partial charge < -0.3 is 0 Å². The van der Waals surface area contributed by atoms with Gasteiger partial charge in [0.05, 0.1) is 10.6 Å². The minimum atomic E-state index is -3.47. The largest absolute Gasteiger partial charge is 0.241 e. The topological polar surface area (TPSA) is 59.1 Å². The van der Waals surface area contributed by atoms with Crippen molar-refractivity contribution >= 4 is 21.4 Å². The lowest BCUT2D eigenvalue weighted by Gasteiger charge is -2.06. The molecule has 3 aromatic rings. The molecule has 1 aromatic heterocycles. The van der Waals surface area contributed by atoms with Crippen LogP contribution in [0.25, 0.3) is 10.6 Å². The first-order valence-corrected chi connectivity index (χ1v) is 10.4. The van der Waals surface area contributed by atoms with E-state index in [0.29, 0.717) is 13.0 Å². The number of aromatic nitrogens is 1. The van der Waals surface area contributed by atoms with Crippen LogP contribution in [0.1, 0.15) is 16.8 Å². The molecule has 0 aliphatic carbocycles. The Morgan fingerprint density at radius 3 is 2.20 bits per heavy atom. The first-order chi connectivity index (χ1) is 11.9. The molecule has 0 atom stereocenters. The van der Waals surface area contributed by atoms with Gasteiger partial charge in [0.15, 0.2) is 0 Å². The predicted molar refractivity (Wildman–Crippen MR) is 102 cm³/mol. The first kappa shape index (κ1) is 17.8. The summed E-state index contributed by atoms with van der Waals surface area (Å²) in [5.41, 5.74) is 4.23. The zero-order chi connectivity index (χ0) is 17.9. The molecule has 0 spiro atoms. The molecule has 0 radical (unpaired) electrons. The van der Waals surface area contributed by atoms with Crippen LogP contribution in [-0.2, 0) is 16.4 Å². The summed E-state index contributed by atoms with van der Waals surface area (Å²) in [5, 5.41) is 2.94. The van der Waals surface area contributed by atoms with Crippen molar-refractivity contribution in [3.63, 3.8) is 0 Å². The molecule has 25 heavy (non-hydrogen) atoms. The van der Waals surface area contributed by atoms with Gasteiger partial charge in [-0.1, -0.05) is 47.5 Å². The minimum absolute atomic E-state index is 0.289. The van der Waals surface area contributed by atoms with Crippen LogP contribution < -0.4 is 4.72 Å². The van der Waals surface area contributed by atoms with Gasteiger partial charge in [-0.15, -0.1) is 11.3 Å².